The van der Waals surface area contributed by atoms with Gasteiger partial charge in [0, 0.05) is 24.1 Å². The van der Waals surface area contributed by atoms with Crippen molar-refractivity contribution >= 4 is 27.5 Å². The Hall–Kier alpha value is -1.80. The van der Waals surface area contributed by atoms with Crippen LogP contribution in [-0.2, 0) is 14.6 Å². The second kappa shape index (κ2) is 7.21. The minimum Gasteiger partial charge on any atom is -0.352 e. The van der Waals surface area contributed by atoms with Gasteiger partial charge >= 0.3 is 0 Å². The first-order chi connectivity index (χ1) is 11.8. The first kappa shape index (κ1) is 18.0. The number of carbonyl (C=O) groups is 1. The van der Waals surface area contributed by atoms with E-state index in [-0.39, 0.29) is 29.2 Å². The number of sulfone groups is 1. The van der Waals surface area contributed by atoms with Crippen LogP contribution < -0.4 is 5.32 Å². The maximum absolute atomic E-state index is 12.1. The number of hydrogen-bond donors (Lipinski definition) is 1. The van der Waals surface area contributed by atoms with Gasteiger partial charge in [0.15, 0.2) is 15.0 Å². The number of amides is 1. The smallest absolute Gasteiger partial charge is 0.230 e. The maximum Gasteiger partial charge on any atom is 0.230 e. The summed E-state index contributed by atoms with van der Waals surface area (Å²) in [5, 5.41) is 3.53. The molecule has 0 saturated carbocycles. The Balaban J connectivity index is 1.62. The van der Waals surface area contributed by atoms with Crippen LogP contribution in [0, 0.1) is 13.8 Å². The van der Waals surface area contributed by atoms with Gasteiger partial charge in [-0.1, -0.05) is 17.8 Å². The monoisotopic (exact) mass is 379 g/mol. The summed E-state index contributed by atoms with van der Waals surface area (Å²) >= 11 is 1.34. The van der Waals surface area contributed by atoms with Crippen LogP contribution in [0.1, 0.15) is 17.5 Å². The van der Waals surface area contributed by atoms with E-state index in [9.17, 15) is 13.2 Å². The summed E-state index contributed by atoms with van der Waals surface area (Å²) in [6.07, 6.45) is 4.07. The van der Waals surface area contributed by atoms with E-state index < -0.39 is 9.84 Å². The van der Waals surface area contributed by atoms with Crippen LogP contribution in [0.2, 0.25) is 0 Å². The average Bonchev–Trinajstić information content (AvgIpc) is 3.14. The number of aryl methyl sites for hydroxylation is 2. The fourth-order valence-corrected chi connectivity index (χ4v) is 5.23. The highest BCUT2D eigenvalue weighted by atomic mass is 32.2. The van der Waals surface area contributed by atoms with Gasteiger partial charge in [-0.25, -0.2) is 13.4 Å². The molecule has 1 aromatic heterocycles. The Morgan fingerprint density at radius 3 is 2.84 bits per heavy atom. The van der Waals surface area contributed by atoms with Crippen LogP contribution in [0.3, 0.4) is 0 Å². The molecule has 0 bridgehead atoms. The number of carbonyl (C=O) groups excluding carboxylic acids is 1. The third-order valence-electron chi connectivity index (χ3n) is 4.31. The molecule has 0 aliphatic carbocycles. The zero-order valence-electron chi connectivity index (χ0n) is 14.2. The predicted octanol–water partition coefficient (Wildman–Crippen LogP) is 1.88. The Kier molecular flexibility index (Phi) is 5.19. The highest BCUT2D eigenvalue weighted by Crippen LogP contribution is 2.22. The SMILES string of the molecule is Cc1ccc(-n2ccnc2SCC(=O)NC2CCS(=O)(=O)C2)cc1C. The lowest BCUT2D eigenvalue weighted by atomic mass is 10.1. The first-order valence-electron chi connectivity index (χ1n) is 8.07. The van der Waals surface area contributed by atoms with Crippen molar-refractivity contribution in [2.75, 3.05) is 17.3 Å². The van der Waals surface area contributed by atoms with Crippen LogP contribution in [0.15, 0.2) is 35.7 Å². The van der Waals surface area contributed by atoms with Crippen molar-refractivity contribution in [3.63, 3.8) is 0 Å². The largest absolute Gasteiger partial charge is 0.352 e. The maximum atomic E-state index is 12.1. The van der Waals surface area contributed by atoms with E-state index >= 15 is 0 Å². The highest BCUT2D eigenvalue weighted by molar-refractivity contribution is 7.99. The van der Waals surface area contributed by atoms with Crippen molar-refractivity contribution in [3.05, 3.63) is 41.7 Å². The van der Waals surface area contributed by atoms with Gasteiger partial charge in [0.05, 0.1) is 17.3 Å². The Labute approximate surface area is 152 Å². The molecule has 1 atom stereocenters. The van der Waals surface area contributed by atoms with E-state index in [4.69, 9.17) is 0 Å². The molecule has 8 heteroatoms. The van der Waals surface area contributed by atoms with E-state index in [0.29, 0.717) is 6.42 Å². The number of imidazole rings is 1. The van der Waals surface area contributed by atoms with Crippen molar-refractivity contribution in [3.8, 4) is 5.69 Å². The molecule has 1 aromatic carbocycles. The fraction of sp³-hybridized carbons (Fsp3) is 0.412. The third-order valence-corrected chi connectivity index (χ3v) is 7.04. The Morgan fingerprint density at radius 1 is 1.36 bits per heavy atom. The van der Waals surface area contributed by atoms with Crippen LogP contribution in [0.25, 0.3) is 5.69 Å². The Morgan fingerprint density at radius 2 is 2.16 bits per heavy atom. The summed E-state index contributed by atoms with van der Waals surface area (Å²) in [6, 6.07) is 5.91. The fourth-order valence-electron chi connectivity index (χ4n) is 2.78. The molecular weight excluding hydrogens is 358 g/mol. The lowest BCUT2D eigenvalue weighted by Gasteiger charge is -2.12. The molecule has 1 N–H and O–H groups in total. The average molecular weight is 380 g/mol. The van der Waals surface area contributed by atoms with Crippen molar-refractivity contribution in [2.24, 2.45) is 0 Å². The molecule has 2 aromatic rings. The molecule has 134 valence electrons. The first-order valence-corrected chi connectivity index (χ1v) is 10.9. The second-order valence-electron chi connectivity index (χ2n) is 6.30. The summed E-state index contributed by atoms with van der Waals surface area (Å²) in [5.74, 6) is 0.239. The van der Waals surface area contributed by atoms with E-state index in [1.807, 2.05) is 16.8 Å². The van der Waals surface area contributed by atoms with Crippen molar-refractivity contribution in [2.45, 2.75) is 31.5 Å². The van der Waals surface area contributed by atoms with E-state index in [0.717, 1.165) is 10.8 Å². The molecule has 3 rings (SSSR count). The van der Waals surface area contributed by atoms with Crippen LogP contribution in [-0.4, -0.2) is 47.2 Å². The number of thioether (sulfide) groups is 1. The Bertz CT molecular complexity index is 890. The van der Waals surface area contributed by atoms with Gasteiger partial charge in [-0.3, -0.25) is 9.36 Å². The molecule has 25 heavy (non-hydrogen) atoms. The van der Waals surface area contributed by atoms with Crippen LogP contribution in [0.5, 0.6) is 0 Å². The molecule has 2 heterocycles. The summed E-state index contributed by atoms with van der Waals surface area (Å²) in [5.41, 5.74) is 3.43. The number of aromatic nitrogens is 2. The van der Waals surface area contributed by atoms with Crippen molar-refractivity contribution in [1.29, 1.82) is 0 Å². The van der Waals surface area contributed by atoms with Crippen molar-refractivity contribution in [1.82, 2.24) is 14.9 Å². The number of hydrogen-bond acceptors (Lipinski definition) is 5. The van der Waals surface area contributed by atoms with Crippen molar-refractivity contribution < 1.29 is 13.2 Å². The topological polar surface area (TPSA) is 81.1 Å². The van der Waals surface area contributed by atoms with E-state index in [1.165, 1.54) is 22.9 Å². The van der Waals surface area contributed by atoms with Gasteiger partial charge in [-0.15, -0.1) is 0 Å². The zero-order valence-corrected chi connectivity index (χ0v) is 15.9. The molecule has 1 aliphatic heterocycles. The van der Waals surface area contributed by atoms with E-state index in [1.54, 1.807) is 6.20 Å². The molecule has 0 radical (unpaired) electrons. The van der Waals surface area contributed by atoms with Gasteiger partial charge in [-0.2, -0.15) is 0 Å². The zero-order chi connectivity index (χ0) is 18.0. The summed E-state index contributed by atoms with van der Waals surface area (Å²) < 4.78 is 24.8. The van der Waals surface area contributed by atoms with Gasteiger partial charge in [0.1, 0.15) is 0 Å². The number of nitrogens with one attached hydrogen (secondary N) is 1. The van der Waals surface area contributed by atoms with Crippen LogP contribution >= 0.6 is 11.8 Å². The number of benzene rings is 1. The molecule has 0 spiro atoms. The van der Waals surface area contributed by atoms with Gasteiger partial charge in [-0.05, 0) is 43.5 Å². The molecule has 1 aliphatic rings. The molecule has 6 nitrogen and oxygen atoms in total. The lowest BCUT2D eigenvalue weighted by Crippen LogP contribution is -2.36. The summed E-state index contributed by atoms with van der Waals surface area (Å²) in [7, 11) is -2.99. The molecular formula is C17H21N3O3S2. The molecule has 1 saturated heterocycles. The number of rotatable bonds is 5. The highest BCUT2D eigenvalue weighted by Gasteiger charge is 2.28. The van der Waals surface area contributed by atoms with Gasteiger partial charge in [0.2, 0.25) is 5.91 Å². The summed E-state index contributed by atoms with van der Waals surface area (Å²) in [4.78, 5) is 16.4. The summed E-state index contributed by atoms with van der Waals surface area (Å²) in [6.45, 7) is 4.13. The minimum absolute atomic E-state index is 0.0423. The lowest BCUT2D eigenvalue weighted by molar-refractivity contribution is -0.119. The molecule has 1 unspecified atom stereocenters. The molecule has 1 fully saturated rings. The predicted molar refractivity (Wildman–Crippen MR) is 99.0 cm³/mol. The molecule has 1 amide bonds. The third kappa shape index (κ3) is 4.43. The quantitative estimate of drug-likeness (QED) is 0.803. The van der Waals surface area contributed by atoms with Crippen LogP contribution in [0.4, 0.5) is 0 Å². The minimum atomic E-state index is -2.99. The second-order valence-corrected chi connectivity index (χ2v) is 9.48. The van der Waals surface area contributed by atoms with Gasteiger partial charge < -0.3 is 5.32 Å². The van der Waals surface area contributed by atoms with E-state index in [2.05, 4.69) is 36.3 Å². The normalized spacial score (nSPS) is 19.0. The standard InChI is InChI=1S/C17H21N3O3S2/c1-12-3-4-15(9-13(12)2)20-7-6-18-17(20)24-10-16(21)19-14-5-8-25(22,23)11-14/h3-4,6-7,9,14H,5,8,10-11H2,1-2H3,(H,19,21). The van der Waals surface area contributed by atoms with Gasteiger partial charge in [0.25, 0.3) is 0 Å². The number of nitrogens with zero attached hydrogens (tertiary/aromatic N) is 2.